The van der Waals surface area contributed by atoms with E-state index in [0.717, 1.165) is 22.9 Å². The second-order valence-corrected chi connectivity index (χ2v) is 8.42. The van der Waals surface area contributed by atoms with Gasteiger partial charge in [0.1, 0.15) is 0 Å². The van der Waals surface area contributed by atoms with Crippen molar-refractivity contribution in [3.63, 3.8) is 0 Å². The van der Waals surface area contributed by atoms with Gasteiger partial charge in [-0.25, -0.2) is 4.79 Å². The van der Waals surface area contributed by atoms with E-state index in [4.69, 9.17) is 14.2 Å². The Balaban J connectivity index is 1.69. The first-order chi connectivity index (χ1) is 12.9. The molecule has 1 heterocycles. The van der Waals surface area contributed by atoms with Crippen LogP contribution in [0.15, 0.2) is 28.7 Å². The van der Waals surface area contributed by atoms with Crippen molar-refractivity contribution in [2.45, 2.75) is 56.5 Å². The molecule has 0 aromatic heterocycles. The van der Waals surface area contributed by atoms with Crippen molar-refractivity contribution in [3.8, 4) is 0 Å². The number of carbonyl (C=O) groups is 1. The van der Waals surface area contributed by atoms with Gasteiger partial charge in [-0.15, -0.1) is 0 Å². The van der Waals surface area contributed by atoms with Gasteiger partial charge in [-0.3, -0.25) is 0 Å². The molecule has 2 atom stereocenters. The fourth-order valence-corrected chi connectivity index (χ4v) is 4.40. The second kappa shape index (κ2) is 8.47. The molecule has 3 rings (SSSR count). The van der Waals surface area contributed by atoms with Crippen LogP contribution in [0.1, 0.15) is 50.6 Å². The molecule has 2 aliphatic rings. The number of halogens is 1. The van der Waals surface area contributed by atoms with Gasteiger partial charge in [0.25, 0.3) is 0 Å². The lowest BCUT2D eigenvalue weighted by molar-refractivity contribution is -0.219. The molecule has 1 saturated heterocycles. The molecule has 6 nitrogen and oxygen atoms in total. The maximum Gasteiger partial charge on any atom is 0.409 e. The molecule has 27 heavy (non-hydrogen) atoms. The fourth-order valence-electron chi connectivity index (χ4n) is 4.13. The van der Waals surface area contributed by atoms with E-state index in [1.165, 1.54) is 7.11 Å². The second-order valence-electron chi connectivity index (χ2n) is 7.50. The highest BCUT2D eigenvalue weighted by Gasteiger charge is 2.47. The average Bonchev–Trinajstić information content (AvgIpc) is 3.09. The Kier molecular flexibility index (Phi) is 6.46. The van der Waals surface area contributed by atoms with E-state index < -0.39 is 17.5 Å². The third kappa shape index (κ3) is 4.83. The first kappa shape index (κ1) is 20.6. The Morgan fingerprint density at radius 3 is 2.59 bits per heavy atom. The first-order valence-corrected chi connectivity index (χ1v) is 10.3. The lowest BCUT2D eigenvalue weighted by Crippen LogP contribution is -2.48. The quantitative estimate of drug-likeness (QED) is 0.746. The van der Waals surface area contributed by atoms with Crippen LogP contribution >= 0.6 is 15.9 Å². The van der Waals surface area contributed by atoms with E-state index in [1.54, 1.807) is 4.90 Å². The number of rotatable bonds is 5. The number of hydrogen-bond acceptors (Lipinski definition) is 5. The smallest absolute Gasteiger partial charge is 0.409 e. The van der Waals surface area contributed by atoms with Gasteiger partial charge >= 0.3 is 6.09 Å². The van der Waals surface area contributed by atoms with Crippen molar-refractivity contribution < 1.29 is 24.1 Å². The zero-order valence-corrected chi connectivity index (χ0v) is 17.5. The Morgan fingerprint density at radius 2 is 1.96 bits per heavy atom. The van der Waals surface area contributed by atoms with Crippen LogP contribution in [0, 0.1) is 0 Å². The molecule has 1 saturated carbocycles. The van der Waals surface area contributed by atoms with Gasteiger partial charge in [-0.2, -0.15) is 0 Å². The summed E-state index contributed by atoms with van der Waals surface area (Å²) in [6.07, 6.45) is 2.85. The molecular weight excluding hydrogens is 414 g/mol. The van der Waals surface area contributed by atoms with E-state index in [9.17, 15) is 9.90 Å². The zero-order valence-electron chi connectivity index (χ0n) is 15.9. The monoisotopic (exact) mass is 441 g/mol. The van der Waals surface area contributed by atoms with Crippen LogP contribution in [-0.4, -0.2) is 54.4 Å². The van der Waals surface area contributed by atoms with Gasteiger partial charge in [-0.05, 0) is 43.9 Å². The normalized spacial score (nSPS) is 25.3. The molecule has 1 aliphatic carbocycles. The van der Waals surface area contributed by atoms with Crippen molar-refractivity contribution in [2.24, 2.45) is 0 Å². The number of ether oxygens (including phenoxy) is 3. The Hall–Kier alpha value is -1.15. The Labute approximate surface area is 168 Å². The Bertz CT molecular complexity index is 646. The summed E-state index contributed by atoms with van der Waals surface area (Å²) in [6.45, 7) is 3.52. The van der Waals surface area contributed by atoms with Crippen molar-refractivity contribution in [1.82, 2.24) is 4.90 Å². The zero-order chi connectivity index (χ0) is 19.5. The molecule has 1 spiro atoms. The standard InChI is InChI=1S/C20H28BrNO5/c1-15(16-4-6-17(21)7-5-16)22(18(23)25-2)11-10-19(24)8-3-9-20(14-19)26-12-13-27-20/h4-7,15,24H,3,8-14H2,1-2H3/t15?,19-/m0/s1. The van der Waals surface area contributed by atoms with E-state index in [0.29, 0.717) is 39.0 Å². The molecule has 2 fully saturated rings. The molecule has 1 aliphatic heterocycles. The Morgan fingerprint density at radius 1 is 1.30 bits per heavy atom. The number of nitrogens with zero attached hydrogens (tertiary/aromatic N) is 1. The summed E-state index contributed by atoms with van der Waals surface area (Å²) in [6, 6.07) is 7.71. The lowest BCUT2D eigenvalue weighted by Gasteiger charge is -2.42. The first-order valence-electron chi connectivity index (χ1n) is 9.47. The van der Waals surface area contributed by atoms with Crippen LogP contribution in [0.25, 0.3) is 0 Å². The highest BCUT2D eigenvalue weighted by atomic mass is 79.9. The van der Waals surface area contributed by atoms with Gasteiger partial charge < -0.3 is 24.2 Å². The van der Waals surface area contributed by atoms with Crippen LogP contribution in [0.5, 0.6) is 0 Å². The summed E-state index contributed by atoms with van der Waals surface area (Å²) in [5.74, 6) is -0.652. The highest BCUT2D eigenvalue weighted by molar-refractivity contribution is 9.10. The van der Waals surface area contributed by atoms with Gasteiger partial charge in [0, 0.05) is 23.9 Å². The van der Waals surface area contributed by atoms with Gasteiger partial charge in [-0.1, -0.05) is 28.1 Å². The molecule has 1 aromatic rings. The highest BCUT2D eigenvalue weighted by Crippen LogP contribution is 2.42. The topological polar surface area (TPSA) is 68.2 Å². The molecule has 1 N–H and O–H groups in total. The summed E-state index contributed by atoms with van der Waals surface area (Å²) in [5, 5.41) is 11.1. The number of methoxy groups -OCH3 is 1. The average molecular weight is 442 g/mol. The number of carbonyl (C=O) groups excluding carboxylic acids is 1. The van der Waals surface area contributed by atoms with E-state index in [2.05, 4.69) is 15.9 Å². The van der Waals surface area contributed by atoms with Crippen molar-refractivity contribution in [2.75, 3.05) is 26.9 Å². The third-order valence-electron chi connectivity index (χ3n) is 5.66. The largest absolute Gasteiger partial charge is 0.453 e. The SMILES string of the molecule is COC(=O)N(CC[C@@]1(O)CCCC2(C1)OCCO2)C(C)c1ccc(Br)cc1. The molecule has 1 aromatic carbocycles. The van der Waals surface area contributed by atoms with Gasteiger partial charge in [0.2, 0.25) is 0 Å². The summed E-state index contributed by atoms with van der Waals surface area (Å²) in [4.78, 5) is 14.0. The summed E-state index contributed by atoms with van der Waals surface area (Å²) < 4.78 is 17.6. The predicted octanol–water partition coefficient (Wildman–Crippen LogP) is 4.02. The summed E-state index contributed by atoms with van der Waals surface area (Å²) >= 11 is 3.43. The number of benzene rings is 1. The minimum Gasteiger partial charge on any atom is -0.453 e. The number of hydrogen-bond donors (Lipinski definition) is 1. The lowest BCUT2D eigenvalue weighted by atomic mass is 9.78. The van der Waals surface area contributed by atoms with Crippen molar-refractivity contribution in [3.05, 3.63) is 34.3 Å². The third-order valence-corrected chi connectivity index (χ3v) is 6.19. The van der Waals surface area contributed by atoms with Crippen LogP contribution in [0.3, 0.4) is 0 Å². The number of amides is 1. The number of aliphatic hydroxyl groups is 1. The van der Waals surface area contributed by atoms with Crippen molar-refractivity contribution >= 4 is 22.0 Å². The fraction of sp³-hybridized carbons (Fsp3) is 0.650. The summed E-state index contributed by atoms with van der Waals surface area (Å²) in [7, 11) is 1.38. The van der Waals surface area contributed by atoms with Gasteiger partial charge in [0.15, 0.2) is 5.79 Å². The van der Waals surface area contributed by atoms with Crippen molar-refractivity contribution in [1.29, 1.82) is 0 Å². The van der Waals surface area contributed by atoms with E-state index in [1.807, 2.05) is 31.2 Å². The van der Waals surface area contributed by atoms with Crippen LogP contribution in [0.2, 0.25) is 0 Å². The molecule has 7 heteroatoms. The van der Waals surface area contributed by atoms with Crippen LogP contribution in [-0.2, 0) is 14.2 Å². The predicted molar refractivity (Wildman–Crippen MR) is 104 cm³/mol. The minimum atomic E-state index is -0.908. The maximum absolute atomic E-state index is 12.4. The molecule has 0 radical (unpaired) electrons. The maximum atomic E-state index is 12.4. The molecular formula is C20H28BrNO5. The molecule has 1 amide bonds. The van der Waals surface area contributed by atoms with Gasteiger partial charge in [0.05, 0.1) is 32.0 Å². The molecule has 1 unspecified atom stereocenters. The molecule has 150 valence electrons. The van der Waals surface area contributed by atoms with Crippen LogP contribution < -0.4 is 0 Å². The molecule has 0 bridgehead atoms. The van der Waals surface area contributed by atoms with E-state index in [-0.39, 0.29) is 6.04 Å². The van der Waals surface area contributed by atoms with Crippen LogP contribution in [0.4, 0.5) is 4.79 Å². The summed E-state index contributed by atoms with van der Waals surface area (Å²) in [5.41, 5.74) is 0.104. The van der Waals surface area contributed by atoms with E-state index >= 15 is 0 Å². The minimum absolute atomic E-state index is 0.161.